The second kappa shape index (κ2) is 2.88. The largest absolute Gasteiger partial charge is 0.293 e. The lowest BCUT2D eigenvalue weighted by atomic mass is 10.1. The van der Waals surface area contributed by atoms with E-state index in [1.165, 1.54) is 0 Å². The lowest BCUT2D eigenvalue weighted by molar-refractivity contribution is 0.0963. The molecule has 0 aliphatic heterocycles. The van der Waals surface area contributed by atoms with Gasteiger partial charge in [-0.2, -0.15) is 5.26 Å². The van der Waals surface area contributed by atoms with E-state index in [4.69, 9.17) is 5.26 Å². The molecule has 1 atom stereocenters. The predicted molar refractivity (Wildman–Crippen MR) is 43.5 cm³/mol. The Hall–Kier alpha value is -1.76. The van der Waals surface area contributed by atoms with Gasteiger partial charge >= 0.3 is 0 Å². The number of hydrogen-bond acceptors (Lipinski definition) is 2. The quantitative estimate of drug-likeness (QED) is 0.630. The Morgan fingerprint density at radius 3 is 2.64 bits per heavy atom. The van der Waals surface area contributed by atoms with Crippen molar-refractivity contribution in [1.82, 2.24) is 0 Å². The average molecular weight is 193 g/mol. The summed E-state index contributed by atoms with van der Waals surface area (Å²) >= 11 is 0. The minimum atomic E-state index is -1.05. The maximum atomic E-state index is 12.8. The van der Waals surface area contributed by atoms with Gasteiger partial charge in [-0.05, 0) is 24.1 Å². The summed E-state index contributed by atoms with van der Waals surface area (Å²) in [5, 5.41) is 8.59. The Bertz CT molecular complexity index is 462. The number of carbonyl (C=O) groups is 1. The van der Waals surface area contributed by atoms with Gasteiger partial charge in [-0.25, -0.2) is 8.78 Å². The summed E-state index contributed by atoms with van der Waals surface area (Å²) in [7, 11) is 0. The summed E-state index contributed by atoms with van der Waals surface area (Å²) in [5.74, 6) is -3.22. The van der Waals surface area contributed by atoms with Crippen LogP contribution in [0.15, 0.2) is 12.1 Å². The van der Waals surface area contributed by atoms with Crippen LogP contribution in [0.3, 0.4) is 0 Å². The molecule has 0 radical (unpaired) electrons. The van der Waals surface area contributed by atoms with Gasteiger partial charge in [-0.1, -0.05) is 0 Å². The molecule has 1 aliphatic carbocycles. The standard InChI is InChI=1S/C10H5F2NO/c11-8-2-5-1-6(4-13)10(14)7(5)3-9(8)12/h2-3,6H,1H2. The SMILES string of the molecule is N#CC1Cc2cc(F)c(F)cc2C1=O. The van der Waals surface area contributed by atoms with Crippen LogP contribution in [-0.4, -0.2) is 5.78 Å². The van der Waals surface area contributed by atoms with Crippen LogP contribution in [0, 0.1) is 28.9 Å². The number of nitrogens with zero attached hydrogens (tertiary/aromatic N) is 1. The van der Waals surface area contributed by atoms with E-state index in [-0.39, 0.29) is 12.0 Å². The fourth-order valence-electron chi connectivity index (χ4n) is 1.59. The minimum absolute atomic E-state index is 0.135. The second-order valence-electron chi connectivity index (χ2n) is 3.17. The van der Waals surface area contributed by atoms with Gasteiger partial charge in [0.15, 0.2) is 17.4 Å². The van der Waals surface area contributed by atoms with Crippen LogP contribution in [0.5, 0.6) is 0 Å². The van der Waals surface area contributed by atoms with E-state index in [1.54, 1.807) is 6.07 Å². The molecule has 70 valence electrons. The third-order valence-electron chi connectivity index (χ3n) is 2.31. The Labute approximate surface area is 78.8 Å². The number of fused-ring (bicyclic) bond motifs is 1. The molecule has 2 nitrogen and oxygen atoms in total. The first kappa shape index (κ1) is 8.82. The Morgan fingerprint density at radius 2 is 2.00 bits per heavy atom. The highest BCUT2D eigenvalue weighted by atomic mass is 19.2. The fraction of sp³-hybridized carbons (Fsp3) is 0.200. The highest BCUT2D eigenvalue weighted by Gasteiger charge is 2.31. The van der Waals surface area contributed by atoms with Crippen molar-refractivity contribution in [3.8, 4) is 6.07 Å². The highest BCUT2D eigenvalue weighted by molar-refractivity contribution is 6.03. The normalized spacial score (nSPS) is 19.2. The van der Waals surface area contributed by atoms with Gasteiger partial charge in [0.2, 0.25) is 0 Å². The van der Waals surface area contributed by atoms with Crippen LogP contribution in [0.1, 0.15) is 15.9 Å². The molecule has 0 saturated carbocycles. The zero-order valence-electron chi connectivity index (χ0n) is 7.05. The van der Waals surface area contributed by atoms with Gasteiger partial charge < -0.3 is 0 Å². The summed E-state index contributed by atoms with van der Waals surface area (Å²) in [6.45, 7) is 0. The first-order valence-corrected chi connectivity index (χ1v) is 4.05. The van der Waals surface area contributed by atoms with Crippen LogP contribution in [-0.2, 0) is 6.42 Å². The number of halogens is 2. The molecule has 0 N–H and O–H groups in total. The van der Waals surface area contributed by atoms with Gasteiger partial charge in [0.1, 0.15) is 5.92 Å². The van der Waals surface area contributed by atoms with E-state index in [1.807, 2.05) is 0 Å². The molecule has 1 aromatic rings. The number of hydrogen-bond donors (Lipinski definition) is 0. The second-order valence-corrected chi connectivity index (χ2v) is 3.17. The molecule has 14 heavy (non-hydrogen) atoms. The van der Waals surface area contributed by atoms with Crippen molar-refractivity contribution >= 4 is 5.78 Å². The maximum absolute atomic E-state index is 12.8. The monoisotopic (exact) mass is 193 g/mol. The lowest BCUT2D eigenvalue weighted by Gasteiger charge is -1.97. The average Bonchev–Trinajstić information content (AvgIpc) is 2.45. The molecule has 0 aromatic heterocycles. The van der Waals surface area contributed by atoms with E-state index < -0.39 is 23.3 Å². The molecular formula is C10H5F2NO. The molecule has 2 rings (SSSR count). The summed E-state index contributed by atoms with van der Waals surface area (Å²) in [6, 6.07) is 3.66. The van der Waals surface area contributed by atoms with Crippen molar-refractivity contribution < 1.29 is 13.6 Å². The molecule has 4 heteroatoms. The van der Waals surface area contributed by atoms with Crippen molar-refractivity contribution in [3.05, 3.63) is 34.9 Å². The molecule has 0 fully saturated rings. The van der Waals surface area contributed by atoms with E-state index in [0.717, 1.165) is 12.1 Å². The third kappa shape index (κ3) is 1.10. The third-order valence-corrected chi connectivity index (χ3v) is 2.31. The summed E-state index contributed by atoms with van der Waals surface area (Å²) in [5.41, 5.74) is 0.552. The molecule has 0 bridgehead atoms. The number of ketones is 1. The van der Waals surface area contributed by atoms with Gasteiger partial charge in [-0.15, -0.1) is 0 Å². The number of rotatable bonds is 0. The van der Waals surface area contributed by atoms with Crippen molar-refractivity contribution in [2.45, 2.75) is 6.42 Å². The Kier molecular flexibility index (Phi) is 1.81. The molecular weight excluding hydrogens is 188 g/mol. The Morgan fingerprint density at radius 1 is 1.36 bits per heavy atom. The first-order chi connectivity index (χ1) is 6.63. The van der Waals surface area contributed by atoms with E-state index in [9.17, 15) is 13.6 Å². The van der Waals surface area contributed by atoms with E-state index in [2.05, 4.69) is 0 Å². The molecule has 1 unspecified atom stereocenters. The van der Waals surface area contributed by atoms with Crippen molar-refractivity contribution in [2.24, 2.45) is 5.92 Å². The smallest absolute Gasteiger partial charge is 0.180 e. The molecule has 0 heterocycles. The van der Waals surface area contributed by atoms with Crippen LogP contribution < -0.4 is 0 Å². The fourth-order valence-corrected chi connectivity index (χ4v) is 1.59. The zero-order valence-corrected chi connectivity index (χ0v) is 7.05. The Balaban J connectivity index is 2.56. The molecule has 1 aromatic carbocycles. The predicted octanol–water partition coefficient (Wildman–Crippen LogP) is 1.84. The lowest BCUT2D eigenvalue weighted by Crippen LogP contribution is -2.05. The van der Waals surface area contributed by atoms with E-state index in [0.29, 0.717) is 5.56 Å². The number of nitriles is 1. The summed E-state index contributed by atoms with van der Waals surface area (Å²) in [6.07, 6.45) is 0.182. The minimum Gasteiger partial charge on any atom is -0.293 e. The van der Waals surface area contributed by atoms with Gasteiger partial charge in [0.05, 0.1) is 6.07 Å². The summed E-state index contributed by atoms with van der Waals surface area (Å²) in [4.78, 5) is 11.4. The highest BCUT2D eigenvalue weighted by Crippen LogP contribution is 2.28. The topological polar surface area (TPSA) is 40.9 Å². The number of benzene rings is 1. The van der Waals surface area contributed by atoms with Crippen LogP contribution in [0.4, 0.5) is 8.78 Å². The van der Waals surface area contributed by atoms with Crippen molar-refractivity contribution in [2.75, 3.05) is 0 Å². The first-order valence-electron chi connectivity index (χ1n) is 4.05. The van der Waals surface area contributed by atoms with Crippen molar-refractivity contribution in [3.63, 3.8) is 0 Å². The number of carbonyl (C=O) groups excluding carboxylic acids is 1. The van der Waals surface area contributed by atoms with Gasteiger partial charge in [-0.3, -0.25) is 4.79 Å². The van der Waals surface area contributed by atoms with Crippen molar-refractivity contribution in [1.29, 1.82) is 5.26 Å². The molecule has 0 saturated heterocycles. The van der Waals surface area contributed by atoms with Crippen LogP contribution >= 0.6 is 0 Å². The van der Waals surface area contributed by atoms with Gasteiger partial charge in [0, 0.05) is 5.56 Å². The molecule has 0 amide bonds. The summed E-state index contributed by atoms with van der Waals surface area (Å²) < 4.78 is 25.5. The van der Waals surface area contributed by atoms with Gasteiger partial charge in [0.25, 0.3) is 0 Å². The van der Waals surface area contributed by atoms with E-state index >= 15 is 0 Å². The molecule has 1 aliphatic rings. The van der Waals surface area contributed by atoms with Crippen LogP contribution in [0.2, 0.25) is 0 Å². The zero-order chi connectivity index (χ0) is 10.3. The number of Topliss-reactive ketones (excluding diaryl/α,β-unsaturated/α-hetero) is 1. The maximum Gasteiger partial charge on any atom is 0.180 e. The van der Waals surface area contributed by atoms with Crippen LogP contribution in [0.25, 0.3) is 0 Å². The molecule has 0 spiro atoms.